The summed E-state index contributed by atoms with van der Waals surface area (Å²) < 4.78 is 4.38. The molecular weight excluding hydrogens is 242 g/mol. The number of hydrogen-bond acceptors (Lipinski definition) is 5. The van der Waals surface area contributed by atoms with Crippen molar-refractivity contribution in [2.45, 2.75) is 12.5 Å². The molecule has 8 nitrogen and oxygen atoms in total. The Labute approximate surface area is 104 Å². The van der Waals surface area contributed by atoms with Gasteiger partial charge in [0.05, 0.1) is 13.5 Å². The summed E-state index contributed by atoms with van der Waals surface area (Å²) in [5, 5.41) is 14.3. The van der Waals surface area contributed by atoms with Crippen LogP contribution in [0.15, 0.2) is 0 Å². The predicted molar refractivity (Wildman–Crippen MR) is 61.0 cm³/mol. The molecule has 0 saturated carbocycles. The summed E-state index contributed by atoms with van der Waals surface area (Å²) in [5.41, 5.74) is 0. The van der Waals surface area contributed by atoms with Crippen LogP contribution in [0.2, 0.25) is 0 Å². The number of esters is 1. The van der Waals surface area contributed by atoms with E-state index in [0.29, 0.717) is 26.2 Å². The van der Waals surface area contributed by atoms with Gasteiger partial charge in [-0.05, 0) is 0 Å². The van der Waals surface area contributed by atoms with Gasteiger partial charge in [-0.3, -0.25) is 4.79 Å². The minimum absolute atomic E-state index is 0.385. The lowest BCUT2D eigenvalue weighted by Gasteiger charge is -2.28. The number of ether oxygens (including phenoxy) is 1. The van der Waals surface area contributed by atoms with E-state index in [1.807, 2.05) is 0 Å². The first kappa shape index (κ1) is 14.2. The molecule has 3 N–H and O–H groups in total. The maximum absolute atomic E-state index is 11.8. The van der Waals surface area contributed by atoms with Crippen molar-refractivity contribution in [1.82, 2.24) is 15.5 Å². The number of aliphatic carboxylic acids is 1. The second-order valence-electron chi connectivity index (χ2n) is 3.86. The van der Waals surface area contributed by atoms with E-state index in [2.05, 4.69) is 15.4 Å². The van der Waals surface area contributed by atoms with Crippen molar-refractivity contribution in [3.8, 4) is 0 Å². The molecule has 0 aliphatic carbocycles. The van der Waals surface area contributed by atoms with Gasteiger partial charge in [-0.2, -0.15) is 0 Å². The van der Waals surface area contributed by atoms with Crippen LogP contribution in [0.25, 0.3) is 0 Å². The third-order valence-electron chi connectivity index (χ3n) is 2.60. The van der Waals surface area contributed by atoms with Crippen LogP contribution in [0, 0.1) is 0 Å². The van der Waals surface area contributed by atoms with Crippen LogP contribution >= 0.6 is 0 Å². The van der Waals surface area contributed by atoms with Crippen molar-refractivity contribution in [3.05, 3.63) is 0 Å². The molecule has 1 rings (SSSR count). The van der Waals surface area contributed by atoms with Crippen LogP contribution in [0.1, 0.15) is 6.42 Å². The SMILES string of the molecule is COC(=O)C[C@H](NC(=O)N1CCNCC1)C(=O)O. The highest BCUT2D eigenvalue weighted by Gasteiger charge is 2.26. The van der Waals surface area contributed by atoms with Gasteiger partial charge >= 0.3 is 18.0 Å². The first-order valence-electron chi connectivity index (χ1n) is 5.60. The molecule has 1 heterocycles. The first-order chi connectivity index (χ1) is 8.54. The zero-order valence-electron chi connectivity index (χ0n) is 10.1. The highest BCUT2D eigenvalue weighted by Crippen LogP contribution is 1.99. The summed E-state index contributed by atoms with van der Waals surface area (Å²) in [4.78, 5) is 35.2. The Morgan fingerprint density at radius 3 is 2.50 bits per heavy atom. The van der Waals surface area contributed by atoms with Crippen LogP contribution in [-0.2, 0) is 14.3 Å². The molecule has 1 saturated heterocycles. The van der Waals surface area contributed by atoms with Crippen molar-refractivity contribution in [3.63, 3.8) is 0 Å². The molecule has 1 fully saturated rings. The number of nitrogens with zero attached hydrogens (tertiary/aromatic N) is 1. The Kier molecular flexibility index (Phi) is 5.37. The third kappa shape index (κ3) is 4.21. The number of urea groups is 1. The van der Waals surface area contributed by atoms with E-state index in [1.54, 1.807) is 0 Å². The van der Waals surface area contributed by atoms with Crippen LogP contribution < -0.4 is 10.6 Å². The number of methoxy groups -OCH3 is 1. The molecule has 0 bridgehead atoms. The number of amides is 2. The highest BCUT2D eigenvalue weighted by atomic mass is 16.5. The van der Waals surface area contributed by atoms with Gasteiger partial charge in [0.25, 0.3) is 0 Å². The summed E-state index contributed by atoms with van der Waals surface area (Å²) in [5.74, 6) is -1.94. The maximum Gasteiger partial charge on any atom is 0.326 e. The van der Waals surface area contributed by atoms with E-state index in [1.165, 1.54) is 12.0 Å². The monoisotopic (exact) mass is 259 g/mol. The number of piperazine rings is 1. The molecule has 0 spiro atoms. The Morgan fingerprint density at radius 1 is 1.39 bits per heavy atom. The minimum Gasteiger partial charge on any atom is -0.480 e. The number of rotatable bonds is 4. The van der Waals surface area contributed by atoms with Crippen molar-refractivity contribution in [2.75, 3.05) is 33.3 Å². The van der Waals surface area contributed by atoms with E-state index >= 15 is 0 Å². The maximum atomic E-state index is 11.8. The number of carboxylic acids is 1. The number of carbonyl (C=O) groups is 3. The van der Waals surface area contributed by atoms with E-state index in [9.17, 15) is 14.4 Å². The first-order valence-corrected chi connectivity index (χ1v) is 5.60. The number of carboxylic acid groups (broad SMARTS) is 1. The molecule has 102 valence electrons. The van der Waals surface area contributed by atoms with Gasteiger partial charge in [0.2, 0.25) is 0 Å². The molecule has 1 aliphatic rings. The summed E-state index contributed by atoms with van der Waals surface area (Å²) in [6.45, 7) is 2.36. The average molecular weight is 259 g/mol. The lowest BCUT2D eigenvalue weighted by Crippen LogP contribution is -2.54. The second kappa shape index (κ2) is 6.80. The van der Waals surface area contributed by atoms with Crippen LogP contribution in [0.4, 0.5) is 4.79 Å². The summed E-state index contributed by atoms with van der Waals surface area (Å²) >= 11 is 0. The zero-order valence-corrected chi connectivity index (χ0v) is 10.1. The molecule has 8 heteroatoms. The van der Waals surface area contributed by atoms with Gasteiger partial charge in [0.15, 0.2) is 0 Å². The van der Waals surface area contributed by atoms with Crippen molar-refractivity contribution >= 4 is 18.0 Å². The number of nitrogens with one attached hydrogen (secondary N) is 2. The molecule has 0 aromatic carbocycles. The van der Waals surface area contributed by atoms with Crippen LogP contribution in [0.3, 0.4) is 0 Å². The van der Waals surface area contributed by atoms with Crippen molar-refractivity contribution in [2.24, 2.45) is 0 Å². The Bertz CT molecular complexity index is 327. The largest absolute Gasteiger partial charge is 0.480 e. The fourth-order valence-corrected chi connectivity index (χ4v) is 1.56. The molecule has 1 aliphatic heterocycles. The van der Waals surface area contributed by atoms with Gasteiger partial charge in [-0.25, -0.2) is 9.59 Å². The quantitative estimate of drug-likeness (QED) is 0.537. The van der Waals surface area contributed by atoms with Gasteiger partial charge in [-0.15, -0.1) is 0 Å². The van der Waals surface area contributed by atoms with Crippen molar-refractivity contribution in [1.29, 1.82) is 0 Å². The topological polar surface area (TPSA) is 108 Å². The summed E-state index contributed by atoms with van der Waals surface area (Å²) in [6.07, 6.45) is -0.385. The normalized spacial score (nSPS) is 16.8. The van der Waals surface area contributed by atoms with E-state index in [0.717, 1.165) is 0 Å². The Balaban J connectivity index is 2.51. The molecule has 0 unspecified atom stereocenters. The molecule has 2 amide bonds. The van der Waals surface area contributed by atoms with E-state index < -0.39 is 24.0 Å². The molecule has 18 heavy (non-hydrogen) atoms. The smallest absolute Gasteiger partial charge is 0.326 e. The number of carbonyl (C=O) groups excluding carboxylic acids is 2. The summed E-state index contributed by atoms with van der Waals surface area (Å²) in [7, 11) is 1.17. The highest BCUT2D eigenvalue weighted by molar-refractivity contribution is 5.86. The molecule has 0 aromatic rings. The van der Waals surface area contributed by atoms with Crippen LogP contribution in [0.5, 0.6) is 0 Å². The predicted octanol–water partition coefficient (Wildman–Crippen LogP) is -1.38. The van der Waals surface area contributed by atoms with Crippen molar-refractivity contribution < 1.29 is 24.2 Å². The lowest BCUT2D eigenvalue weighted by molar-refractivity contribution is -0.147. The lowest BCUT2D eigenvalue weighted by atomic mass is 10.2. The molecule has 1 atom stereocenters. The second-order valence-corrected chi connectivity index (χ2v) is 3.86. The standard InChI is InChI=1S/C10H17N3O5/c1-18-8(14)6-7(9(15)16)12-10(17)13-4-2-11-3-5-13/h7,11H,2-6H2,1H3,(H,12,17)(H,15,16)/t7-/m0/s1. The number of hydrogen-bond donors (Lipinski definition) is 3. The average Bonchev–Trinajstić information content (AvgIpc) is 2.38. The fourth-order valence-electron chi connectivity index (χ4n) is 1.56. The van der Waals surface area contributed by atoms with Gasteiger partial charge < -0.3 is 25.4 Å². The summed E-state index contributed by atoms with van der Waals surface area (Å²) in [6, 6.07) is -1.74. The Morgan fingerprint density at radius 2 is 2.00 bits per heavy atom. The van der Waals surface area contributed by atoms with Gasteiger partial charge in [0.1, 0.15) is 6.04 Å². The molecule has 0 radical (unpaired) electrons. The zero-order chi connectivity index (χ0) is 13.5. The molecule has 0 aromatic heterocycles. The van der Waals surface area contributed by atoms with Gasteiger partial charge in [-0.1, -0.05) is 0 Å². The van der Waals surface area contributed by atoms with Crippen LogP contribution in [-0.4, -0.2) is 67.3 Å². The fraction of sp³-hybridized carbons (Fsp3) is 0.700. The van der Waals surface area contributed by atoms with E-state index in [-0.39, 0.29) is 6.42 Å². The molecular formula is C10H17N3O5. The van der Waals surface area contributed by atoms with E-state index in [4.69, 9.17) is 5.11 Å². The Hall–Kier alpha value is -1.83. The van der Waals surface area contributed by atoms with Gasteiger partial charge in [0, 0.05) is 26.2 Å². The third-order valence-corrected chi connectivity index (χ3v) is 2.60. The minimum atomic E-state index is -1.26.